The van der Waals surface area contributed by atoms with Crippen molar-refractivity contribution in [2.24, 2.45) is 11.8 Å². The van der Waals surface area contributed by atoms with Gasteiger partial charge in [0, 0.05) is 7.11 Å². The van der Waals surface area contributed by atoms with Gasteiger partial charge in [-0.2, -0.15) is 0 Å². The first kappa shape index (κ1) is 39.3. The molecule has 0 aromatic heterocycles. The second kappa shape index (κ2) is 17.7. The highest BCUT2D eigenvalue weighted by molar-refractivity contribution is 6.02. The summed E-state index contributed by atoms with van der Waals surface area (Å²) >= 11 is 0. The first-order valence-corrected chi connectivity index (χ1v) is 17.8. The largest absolute Gasteiger partial charge is 0.482 e. The molecule has 0 unspecified atom stereocenters. The van der Waals surface area contributed by atoms with Crippen LogP contribution >= 0.6 is 0 Å². The molecule has 3 heterocycles. The minimum Gasteiger partial charge on any atom is -0.482 e. The number of hydrogen-bond acceptors (Lipinski definition) is 11. The van der Waals surface area contributed by atoms with Crippen LogP contribution in [0.2, 0.25) is 0 Å². The van der Waals surface area contributed by atoms with Gasteiger partial charge in [-0.3, -0.25) is 9.59 Å². The standard InChI is InChI=1S/C40H51NO11/c1-25(2)36-40(4,5)52-39(45)41(36)37(44)26(3)32-30(43)20-19-29(50-32)18-13-21-47-35-34(49-24-28-16-11-8-12-17-28)33(31(22-42)51-38(35)46-6)48-23-27-14-9-7-10-15-27/h7-12,14-20,25-26,31-36,38,42H,13,21-24H2,1-6H3/t26-,31-,32-,33-,34+,35+,36-,38+/m1/s1. The van der Waals surface area contributed by atoms with Crippen LogP contribution in [0.5, 0.6) is 0 Å². The number of allylic oxidation sites excluding steroid dienone is 1. The number of cyclic esters (lactones) is 1. The Bertz CT molecular complexity index is 1560. The Morgan fingerprint density at radius 3 is 2.10 bits per heavy atom. The molecule has 0 spiro atoms. The lowest BCUT2D eigenvalue weighted by Gasteiger charge is -2.45. The molecule has 0 bridgehead atoms. The fourth-order valence-electron chi connectivity index (χ4n) is 7.12. The SMILES string of the molecule is CO[C@H]1O[C@H](CO)[C@@H](OCc2ccccc2)[C@H](OCc2ccccc2)[C@@H]1OCCC=C1C=CC(=O)[C@@H]([C@@H](C)C(=O)N2C(=O)OC(C)(C)[C@H]2C(C)C)O1. The van der Waals surface area contributed by atoms with Gasteiger partial charge in [-0.05, 0) is 62.5 Å². The smallest absolute Gasteiger partial charge is 0.417 e. The van der Waals surface area contributed by atoms with Crippen LogP contribution < -0.4 is 0 Å². The monoisotopic (exact) mass is 721 g/mol. The van der Waals surface area contributed by atoms with Crippen molar-refractivity contribution in [2.75, 3.05) is 20.3 Å². The van der Waals surface area contributed by atoms with Crippen molar-refractivity contribution in [3.8, 4) is 0 Å². The Balaban J connectivity index is 1.27. The lowest BCUT2D eigenvalue weighted by molar-refractivity contribution is -0.319. The van der Waals surface area contributed by atoms with Crippen molar-refractivity contribution in [1.29, 1.82) is 0 Å². The zero-order valence-corrected chi connectivity index (χ0v) is 30.7. The summed E-state index contributed by atoms with van der Waals surface area (Å²) in [6.45, 7) is 9.38. The van der Waals surface area contributed by atoms with Crippen LogP contribution in [-0.4, -0.2) is 96.6 Å². The van der Waals surface area contributed by atoms with E-state index in [0.29, 0.717) is 12.2 Å². The van der Waals surface area contributed by atoms with E-state index >= 15 is 0 Å². The van der Waals surface area contributed by atoms with Crippen molar-refractivity contribution in [3.63, 3.8) is 0 Å². The summed E-state index contributed by atoms with van der Waals surface area (Å²) in [5, 5.41) is 10.3. The van der Waals surface area contributed by atoms with Crippen molar-refractivity contribution in [3.05, 3.63) is 95.8 Å². The molecule has 1 N–H and O–H groups in total. The van der Waals surface area contributed by atoms with Gasteiger partial charge in [-0.25, -0.2) is 9.69 Å². The summed E-state index contributed by atoms with van der Waals surface area (Å²) in [6, 6.07) is 18.9. The third-order valence-electron chi connectivity index (χ3n) is 9.55. The van der Waals surface area contributed by atoms with Gasteiger partial charge in [0.05, 0.1) is 38.4 Å². The molecule has 2 saturated heterocycles. The van der Waals surface area contributed by atoms with Gasteiger partial charge in [0.15, 0.2) is 18.2 Å². The average molecular weight is 722 g/mol. The van der Waals surface area contributed by atoms with Gasteiger partial charge in [-0.15, -0.1) is 0 Å². The number of benzene rings is 2. The summed E-state index contributed by atoms with van der Waals surface area (Å²) in [6.07, 6.45) is -0.480. The highest BCUT2D eigenvalue weighted by Crippen LogP contribution is 2.36. The zero-order chi connectivity index (χ0) is 37.4. The molecule has 2 aromatic rings. The highest BCUT2D eigenvalue weighted by Gasteiger charge is 2.54. The zero-order valence-electron chi connectivity index (χ0n) is 30.7. The van der Waals surface area contributed by atoms with E-state index in [9.17, 15) is 19.5 Å². The Morgan fingerprint density at radius 2 is 1.52 bits per heavy atom. The molecule has 282 valence electrons. The average Bonchev–Trinajstić information content (AvgIpc) is 3.39. The second-order valence-electron chi connectivity index (χ2n) is 14.1. The van der Waals surface area contributed by atoms with E-state index in [4.69, 9.17) is 33.2 Å². The Labute approximate surface area is 305 Å². The number of ketones is 1. The molecule has 3 aliphatic rings. The van der Waals surface area contributed by atoms with Crippen LogP contribution in [0, 0.1) is 11.8 Å². The van der Waals surface area contributed by atoms with E-state index < -0.39 is 66.4 Å². The molecule has 3 aliphatic heterocycles. The number of aliphatic hydroxyl groups excluding tert-OH is 1. The number of methoxy groups -OCH3 is 1. The van der Waals surface area contributed by atoms with Gasteiger partial charge >= 0.3 is 6.09 Å². The molecule has 5 rings (SSSR count). The number of rotatable bonds is 15. The molecule has 0 radical (unpaired) electrons. The van der Waals surface area contributed by atoms with Gasteiger partial charge < -0.3 is 38.3 Å². The number of amides is 2. The van der Waals surface area contributed by atoms with E-state index in [1.54, 1.807) is 32.9 Å². The van der Waals surface area contributed by atoms with Crippen LogP contribution in [-0.2, 0) is 56.0 Å². The molecule has 0 aliphatic carbocycles. The van der Waals surface area contributed by atoms with E-state index in [0.717, 1.165) is 16.0 Å². The van der Waals surface area contributed by atoms with Crippen molar-refractivity contribution >= 4 is 17.8 Å². The predicted octanol–water partition coefficient (Wildman–Crippen LogP) is 5.12. The third-order valence-corrected chi connectivity index (χ3v) is 9.55. The quantitative estimate of drug-likeness (QED) is 0.245. The molecule has 2 amide bonds. The maximum Gasteiger partial charge on any atom is 0.417 e. The molecule has 2 fully saturated rings. The fourth-order valence-corrected chi connectivity index (χ4v) is 7.12. The van der Waals surface area contributed by atoms with Crippen molar-refractivity contribution < 1.29 is 52.6 Å². The van der Waals surface area contributed by atoms with E-state index in [1.807, 2.05) is 74.5 Å². The fraction of sp³-hybridized carbons (Fsp3) is 0.525. The van der Waals surface area contributed by atoms with Crippen LogP contribution in [0.25, 0.3) is 0 Å². The Hall–Kier alpha value is -3.91. The van der Waals surface area contributed by atoms with Crippen molar-refractivity contribution in [2.45, 2.75) is 103 Å². The molecule has 52 heavy (non-hydrogen) atoms. The summed E-state index contributed by atoms with van der Waals surface area (Å²) < 4.78 is 42.6. The topological polar surface area (TPSA) is 139 Å². The van der Waals surface area contributed by atoms with Crippen LogP contribution in [0.3, 0.4) is 0 Å². The number of aliphatic hydroxyl groups is 1. The molecule has 0 saturated carbocycles. The molecule has 12 nitrogen and oxygen atoms in total. The van der Waals surface area contributed by atoms with Gasteiger partial charge in [0.25, 0.3) is 0 Å². The van der Waals surface area contributed by atoms with E-state index in [-0.39, 0.29) is 38.1 Å². The Morgan fingerprint density at radius 1 is 0.904 bits per heavy atom. The number of hydrogen-bond donors (Lipinski definition) is 1. The van der Waals surface area contributed by atoms with E-state index in [1.165, 1.54) is 13.2 Å². The summed E-state index contributed by atoms with van der Waals surface area (Å²) in [7, 11) is 1.50. The van der Waals surface area contributed by atoms with Gasteiger partial charge in [-0.1, -0.05) is 74.5 Å². The van der Waals surface area contributed by atoms with Crippen molar-refractivity contribution in [1.82, 2.24) is 4.90 Å². The lowest BCUT2D eigenvalue weighted by atomic mass is 9.87. The number of ether oxygens (including phenoxy) is 7. The maximum absolute atomic E-state index is 13.6. The van der Waals surface area contributed by atoms with Crippen LogP contribution in [0.15, 0.2) is 84.7 Å². The summed E-state index contributed by atoms with van der Waals surface area (Å²) in [4.78, 5) is 40.5. The first-order chi connectivity index (χ1) is 24.9. The molecule has 12 heteroatoms. The lowest BCUT2D eigenvalue weighted by Crippen LogP contribution is -2.61. The van der Waals surface area contributed by atoms with Crippen LogP contribution in [0.4, 0.5) is 4.79 Å². The molecular formula is C40H51NO11. The molecular weight excluding hydrogens is 670 g/mol. The third kappa shape index (κ3) is 9.17. The number of carbonyl (C=O) groups is 3. The summed E-state index contributed by atoms with van der Waals surface area (Å²) in [5.41, 5.74) is 1.04. The number of nitrogens with zero attached hydrogens (tertiary/aromatic N) is 1. The minimum absolute atomic E-state index is 0.0632. The van der Waals surface area contributed by atoms with Gasteiger partial charge in [0.2, 0.25) is 5.91 Å². The molecule has 8 atom stereocenters. The second-order valence-corrected chi connectivity index (χ2v) is 14.1. The minimum atomic E-state index is -1.12. The van der Waals surface area contributed by atoms with Crippen LogP contribution in [0.1, 0.15) is 52.2 Å². The maximum atomic E-state index is 13.6. The summed E-state index contributed by atoms with van der Waals surface area (Å²) in [5.74, 6) is -1.52. The normalized spacial score (nSPS) is 28.6. The van der Waals surface area contributed by atoms with E-state index in [2.05, 4.69) is 0 Å². The highest BCUT2D eigenvalue weighted by atomic mass is 16.7. The van der Waals surface area contributed by atoms with Gasteiger partial charge in [0.1, 0.15) is 35.8 Å². The Kier molecular flexibility index (Phi) is 13.4. The first-order valence-electron chi connectivity index (χ1n) is 17.8. The molecule has 2 aromatic carbocycles. The number of imide groups is 1. The predicted molar refractivity (Wildman–Crippen MR) is 189 cm³/mol. The number of carbonyl (C=O) groups excluding carboxylic acids is 3.